The van der Waals surface area contributed by atoms with Gasteiger partial charge in [0.05, 0.1) is 7.11 Å². The third-order valence-electron chi connectivity index (χ3n) is 5.31. The number of nitrogens with zero attached hydrogens (tertiary/aromatic N) is 1. The number of carbonyl (C=O) groups excluding carboxylic acids is 1. The van der Waals surface area contributed by atoms with Gasteiger partial charge >= 0.3 is 0 Å². The Bertz CT molecular complexity index is 1120. The largest absolute Gasteiger partial charge is 0.493 e. The lowest BCUT2D eigenvalue weighted by atomic mass is 10.2. The van der Waals surface area contributed by atoms with Crippen molar-refractivity contribution in [3.05, 3.63) is 87.9 Å². The molecule has 178 valence electrons. The zero-order chi connectivity index (χ0) is 24.5. The van der Waals surface area contributed by atoms with Crippen molar-refractivity contribution in [2.24, 2.45) is 0 Å². The number of rotatable bonds is 10. The summed E-state index contributed by atoms with van der Waals surface area (Å²) < 4.78 is 11.3. The monoisotopic (exact) mass is 498 g/mol. The lowest BCUT2D eigenvalue weighted by Crippen LogP contribution is -2.21. The SMILES string of the molecule is CCN(CC)c1ccc(NC(=O)C=Cc2ccc(OCc3c(Cl)cccc3Cl)c(OC)c2)cc1. The molecule has 0 heterocycles. The van der Waals surface area contributed by atoms with Crippen molar-refractivity contribution in [1.29, 1.82) is 0 Å². The number of halogens is 2. The van der Waals surface area contributed by atoms with Crippen LogP contribution in [0, 0.1) is 0 Å². The normalized spacial score (nSPS) is 10.9. The smallest absolute Gasteiger partial charge is 0.248 e. The minimum absolute atomic E-state index is 0.208. The Labute approximate surface area is 210 Å². The third kappa shape index (κ3) is 6.69. The Morgan fingerprint density at radius 1 is 0.971 bits per heavy atom. The minimum Gasteiger partial charge on any atom is -0.493 e. The molecule has 3 aromatic carbocycles. The van der Waals surface area contributed by atoms with Crippen LogP contribution in [0.4, 0.5) is 11.4 Å². The van der Waals surface area contributed by atoms with Gasteiger partial charge in [-0.3, -0.25) is 4.79 Å². The summed E-state index contributed by atoms with van der Waals surface area (Å²) in [5.41, 5.74) is 3.38. The lowest BCUT2D eigenvalue weighted by molar-refractivity contribution is -0.111. The summed E-state index contributed by atoms with van der Waals surface area (Å²) in [7, 11) is 1.56. The van der Waals surface area contributed by atoms with E-state index in [4.69, 9.17) is 32.7 Å². The van der Waals surface area contributed by atoms with Crippen LogP contribution in [0.25, 0.3) is 6.08 Å². The molecular formula is C27H28Cl2N2O3. The number of hydrogen-bond acceptors (Lipinski definition) is 4. The first kappa shape index (κ1) is 25.5. The maximum atomic E-state index is 12.4. The predicted octanol–water partition coefficient (Wildman–Crippen LogP) is 7.08. The Morgan fingerprint density at radius 2 is 1.65 bits per heavy atom. The number of methoxy groups -OCH3 is 1. The van der Waals surface area contributed by atoms with Crippen LogP contribution < -0.4 is 19.7 Å². The second-order valence-corrected chi connectivity index (χ2v) is 8.26. The first-order valence-corrected chi connectivity index (χ1v) is 11.8. The molecule has 0 spiro atoms. The quantitative estimate of drug-likeness (QED) is 0.303. The van der Waals surface area contributed by atoms with E-state index < -0.39 is 0 Å². The van der Waals surface area contributed by atoms with Crippen LogP contribution in [0.15, 0.2) is 66.7 Å². The van der Waals surface area contributed by atoms with Crippen LogP contribution >= 0.6 is 23.2 Å². The summed E-state index contributed by atoms with van der Waals surface area (Å²) in [5, 5.41) is 3.96. The second-order valence-electron chi connectivity index (χ2n) is 7.44. The Kier molecular flexibility index (Phi) is 9.25. The van der Waals surface area contributed by atoms with Crippen molar-refractivity contribution >= 4 is 46.6 Å². The van der Waals surface area contributed by atoms with Crippen LogP contribution in [0.3, 0.4) is 0 Å². The average molecular weight is 499 g/mol. The van der Waals surface area contributed by atoms with Crippen molar-refractivity contribution in [2.45, 2.75) is 20.5 Å². The zero-order valence-electron chi connectivity index (χ0n) is 19.5. The number of benzene rings is 3. The fraction of sp³-hybridized carbons (Fsp3) is 0.222. The third-order valence-corrected chi connectivity index (χ3v) is 6.02. The van der Waals surface area contributed by atoms with E-state index in [9.17, 15) is 4.79 Å². The van der Waals surface area contributed by atoms with Crippen LogP contribution in [0.2, 0.25) is 10.0 Å². The standard InChI is InChI=1S/C27H28Cl2N2O3/c1-4-31(5-2)21-13-11-20(12-14-21)30-27(32)16-10-19-9-15-25(26(17-19)33-3)34-18-22-23(28)7-6-8-24(22)29/h6-17H,4-5,18H2,1-3H3,(H,30,32). The summed E-state index contributed by atoms with van der Waals surface area (Å²) in [4.78, 5) is 14.6. The number of ether oxygens (including phenoxy) is 2. The van der Waals surface area contributed by atoms with Gasteiger partial charge in [-0.1, -0.05) is 35.3 Å². The van der Waals surface area contributed by atoms with Crippen molar-refractivity contribution in [3.8, 4) is 11.5 Å². The summed E-state index contributed by atoms with van der Waals surface area (Å²) >= 11 is 12.4. The molecular weight excluding hydrogens is 471 g/mol. The van der Waals surface area contributed by atoms with Gasteiger partial charge < -0.3 is 19.7 Å². The summed E-state index contributed by atoms with van der Waals surface area (Å²) in [6.07, 6.45) is 3.20. The van der Waals surface area contributed by atoms with Crippen molar-refractivity contribution in [2.75, 3.05) is 30.4 Å². The molecule has 0 unspecified atom stereocenters. The Morgan fingerprint density at radius 3 is 2.26 bits per heavy atom. The summed E-state index contributed by atoms with van der Waals surface area (Å²) in [6.45, 7) is 6.32. The second kappa shape index (κ2) is 12.4. The molecule has 3 rings (SSSR count). The van der Waals surface area contributed by atoms with E-state index in [1.165, 1.54) is 6.08 Å². The van der Waals surface area contributed by atoms with E-state index in [0.717, 1.165) is 30.0 Å². The van der Waals surface area contributed by atoms with E-state index >= 15 is 0 Å². The highest BCUT2D eigenvalue weighted by molar-refractivity contribution is 6.35. The Hall–Kier alpha value is -3.15. The maximum Gasteiger partial charge on any atom is 0.248 e. The number of amides is 1. The highest BCUT2D eigenvalue weighted by Crippen LogP contribution is 2.31. The molecule has 0 saturated carbocycles. The molecule has 0 radical (unpaired) electrons. The molecule has 0 aromatic heterocycles. The molecule has 0 aliphatic heterocycles. The van der Waals surface area contributed by atoms with E-state index in [1.54, 1.807) is 43.5 Å². The van der Waals surface area contributed by atoms with Crippen molar-refractivity contribution in [1.82, 2.24) is 0 Å². The highest BCUT2D eigenvalue weighted by atomic mass is 35.5. The van der Waals surface area contributed by atoms with Gasteiger partial charge in [0.25, 0.3) is 0 Å². The van der Waals surface area contributed by atoms with Gasteiger partial charge in [0.15, 0.2) is 11.5 Å². The van der Waals surface area contributed by atoms with E-state index in [-0.39, 0.29) is 12.5 Å². The number of nitrogens with one attached hydrogen (secondary N) is 1. The average Bonchev–Trinajstić information content (AvgIpc) is 2.84. The molecule has 0 atom stereocenters. The maximum absolute atomic E-state index is 12.4. The molecule has 1 N–H and O–H groups in total. The van der Waals surface area contributed by atoms with Crippen LogP contribution in [0.5, 0.6) is 11.5 Å². The van der Waals surface area contributed by atoms with E-state index in [0.29, 0.717) is 27.1 Å². The van der Waals surface area contributed by atoms with Gasteiger partial charge in [0.1, 0.15) is 6.61 Å². The first-order valence-electron chi connectivity index (χ1n) is 11.0. The summed E-state index contributed by atoms with van der Waals surface area (Å²) in [5.74, 6) is 0.870. The Balaban J connectivity index is 1.62. The van der Waals surface area contributed by atoms with Gasteiger partial charge in [-0.25, -0.2) is 0 Å². The molecule has 5 nitrogen and oxygen atoms in total. The van der Waals surface area contributed by atoms with Gasteiger partial charge in [-0.05, 0) is 74.0 Å². The van der Waals surface area contributed by atoms with E-state index in [1.807, 2.05) is 30.3 Å². The van der Waals surface area contributed by atoms with Gasteiger partial charge in [-0.15, -0.1) is 0 Å². The van der Waals surface area contributed by atoms with Crippen LogP contribution in [-0.2, 0) is 11.4 Å². The molecule has 0 fully saturated rings. The lowest BCUT2D eigenvalue weighted by Gasteiger charge is -2.21. The first-order chi connectivity index (χ1) is 16.4. The summed E-state index contributed by atoms with van der Waals surface area (Å²) in [6, 6.07) is 18.6. The zero-order valence-corrected chi connectivity index (χ0v) is 21.0. The molecule has 34 heavy (non-hydrogen) atoms. The topological polar surface area (TPSA) is 50.8 Å². The van der Waals surface area contributed by atoms with Crippen molar-refractivity contribution in [3.63, 3.8) is 0 Å². The fourth-order valence-corrected chi connectivity index (χ4v) is 3.93. The number of hydrogen-bond donors (Lipinski definition) is 1. The predicted molar refractivity (Wildman–Crippen MR) is 141 cm³/mol. The number of anilines is 2. The van der Waals surface area contributed by atoms with Gasteiger partial charge in [0.2, 0.25) is 5.91 Å². The fourth-order valence-electron chi connectivity index (χ4n) is 3.43. The molecule has 0 bridgehead atoms. The molecule has 0 aliphatic rings. The highest BCUT2D eigenvalue weighted by Gasteiger charge is 2.10. The van der Waals surface area contributed by atoms with Gasteiger partial charge in [0, 0.05) is 46.1 Å². The van der Waals surface area contributed by atoms with Crippen LogP contribution in [0.1, 0.15) is 25.0 Å². The van der Waals surface area contributed by atoms with Crippen LogP contribution in [-0.4, -0.2) is 26.1 Å². The van der Waals surface area contributed by atoms with Crippen molar-refractivity contribution < 1.29 is 14.3 Å². The molecule has 0 saturated heterocycles. The van der Waals surface area contributed by atoms with E-state index in [2.05, 4.69) is 24.1 Å². The minimum atomic E-state index is -0.219. The number of carbonyl (C=O) groups is 1. The van der Waals surface area contributed by atoms with Gasteiger partial charge in [-0.2, -0.15) is 0 Å². The molecule has 3 aromatic rings. The molecule has 1 amide bonds. The molecule has 0 aliphatic carbocycles. The molecule has 7 heteroatoms.